The molecule has 96 valence electrons. The minimum atomic E-state index is 0.164. The van der Waals surface area contributed by atoms with Crippen molar-refractivity contribution in [2.75, 3.05) is 19.8 Å². The van der Waals surface area contributed by atoms with Crippen molar-refractivity contribution in [1.29, 1.82) is 0 Å². The molecule has 0 radical (unpaired) electrons. The molecule has 0 saturated carbocycles. The first-order valence-electron chi connectivity index (χ1n) is 6.19. The van der Waals surface area contributed by atoms with E-state index in [0.29, 0.717) is 0 Å². The molecule has 0 spiro atoms. The van der Waals surface area contributed by atoms with Crippen molar-refractivity contribution in [2.45, 2.75) is 39.2 Å². The molecule has 2 heterocycles. The van der Waals surface area contributed by atoms with Crippen LogP contribution in [-0.2, 0) is 11.2 Å². The third-order valence-electron chi connectivity index (χ3n) is 3.22. The summed E-state index contributed by atoms with van der Waals surface area (Å²) in [4.78, 5) is 4.40. The Labute approximate surface area is 108 Å². The van der Waals surface area contributed by atoms with Crippen LogP contribution in [0.15, 0.2) is 10.9 Å². The Morgan fingerprint density at radius 1 is 1.53 bits per heavy atom. The minimum Gasteiger partial charge on any atom is -0.381 e. The summed E-state index contributed by atoms with van der Waals surface area (Å²) in [5, 5.41) is 5.76. The van der Waals surface area contributed by atoms with Crippen LogP contribution in [0.25, 0.3) is 0 Å². The summed E-state index contributed by atoms with van der Waals surface area (Å²) in [5.41, 5.74) is 3.52. The molecule has 1 aliphatic rings. The smallest absolute Gasteiger partial charge is 0.0794 e. The van der Waals surface area contributed by atoms with Gasteiger partial charge in [0, 0.05) is 29.5 Å². The SMILES string of the molecule is CC(C)(C)NCC1(Cc2cscn2)CCOC1. The van der Waals surface area contributed by atoms with Crippen LogP contribution in [0.3, 0.4) is 0 Å². The Kier molecular flexibility index (Phi) is 3.85. The van der Waals surface area contributed by atoms with Gasteiger partial charge in [-0.1, -0.05) is 0 Å². The van der Waals surface area contributed by atoms with E-state index in [1.165, 1.54) is 5.69 Å². The number of aromatic nitrogens is 1. The Bertz CT molecular complexity index is 337. The molecular formula is C13H22N2OS. The molecule has 2 rings (SSSR count). The van der Waals surface area contributed by atoms with E-state index in [1.807, 2.05) is 5.51 Å². The lowest BCUT2D eigenvalue weighted by Crippen LogP contribution is -2.45. The molecule has 0 amide bonds. The van der Waals surface area contributed by atoms with Gasteiger partial charge in [0.2, 0.25) is 0 Å². The average molecular weight is 254 g/mol. The van der Waals surface area contributed by atoms with Crippen molar-refractivity contribution in [1.82, 2.24) is 10.3 Å². The van der Waals surface area contributed by atoms with E-state index in [9.17, 15) is 0 Å². The van der Waals surface area contributed by atoms with Gasteiger partial charge in [0.25, 0.3) is 0 Å². The largest absolute Gasteiger partial charge is 0.381 e. The van der Waals surface area contributed by atoms with Crippen molar-refractivity contribution in [3.63, 3.8) is 0 Å². The third kappa shape index (κ3) is 3.76. The Morgan fingerprint density at radius 3 is 2.88 bits per heavy atom. The molecule has 1 atom stereocenters. The van der Waals surface area contributed by atoms with E-state index in [0.717, 1.165) is 32.6 Å². The quantitative estimate of drug-likeness (QED) is 0.896. The van der Waals surface area contributed by atoms with Gasteiger partial charge in [0.1, 0.15) is 0 Å². The highest BCUT2D eigenvalue weighted by atomic mass is 32.1. The van der Waals surface area contributed by atoms with E-state index >= 15 is 0 Å². The number of hydrogen-bond acceptors (Lipinski definition) is 4. The van der Waals surface area contributed by atoms with E-state index < -0.39 is 0 Å². The van der Waals surface area contributed by atoms with Crippen LogP contribution in [0.2, 0.25) is 0 Å². The van der Waals surface area contributed by atoms with Gasteiger partial charge in [0.15, 0.2) is 0 Å². The van der Waals surface area contributed by atoms with Gasteiger partial charge in [-0.3, -0.25) is 0 Å². The van der Waals surface area contributed by atoms with E-state index in [2.05, 4.69) is 36.5 Å². The van der Waals surface area contributed by atoms with Gasteiger partial charge in [0.05, 0.1) is 17.8 Å². The molecule has 1 N–H and O–H groups in total. The summed E-state index contributed by atoms with van der Waals surface area (Å²) in [7, 11) is 0. The summed E-state index contributed by atoms with van der Waals surface area (Å²) in [5.74, 6) is 0. The normalized spacial score (nSPS) is 25.4. The van der Waals surface area contributed by atoms with Crippen LogP contribution in [0.4, 0.5) is 0 Å². The third-order valence-corrected chi connectivity index (χ3v) is 3.85. The molecule has 1 saturated heterocycles. The fourth-order valence-corrected chi connectivity index (χ4v) is 2.71. The van der Waals surface area contributed by atoms with Crippen molar-refractivity contribution < 1.29 is 4.74 Å². The van der Waals surface area contributed by atoms with Crippen molar-refractivity contribution in [2.24, 2.45) is 5.41 Å². The van der Waals surface area contributed by atoms with Crippen LogP contribution in [-0.4, -0.2) is 30.3 Å². The predicted octanol–water partition coefficient (Wildman–Crippen LogP) is 2.48. The second-order valence-corrected chi connectivity index (χ2v) is 6.78. The lowest BCUT2D eigenvalue weighted by molar-refractivity contribution is 0.143. The molecule has 0 bridgehead atoms. The summed E-state index contributed by atoms with van der Waals surface area (Å²) < 4.78 is 5.61. The molecular weight excluding hydrogens is 232 g/mol. The summed E-state index contributed by atoms with van der Waals surface area (Å²) in [6.45, 7) is 9.37. The second kappa shape index (κ2) is 5.04. The van der Waals surface area contributed by atoms with Gasteiger partial charge >= 0.3 is 0 Å². The van der Waals surface area contributed by atoms with E-state index in [4.69, 9.17) is 4.74 Å². The number of thiazole rings is 1. The van der Waals surface area contributed by atoms with Crippen molar-refractivity contribution >= 4 is 11.3 Å². The van der Waals surface area contributed by atoms with Crippen LogP contribution >= 0.6 is 11.3 Å². The second-order valence-electron chi connectivity index (χ2n) is 6.06. The summed E-state index contributed by atoms with van der Waals surface area (Å²) in [6.07, 6.45) is 2.16. The van der Waals surface area contributed by atoms with Crippen molar-refractivity contribution in [3.05, 3.63) is 16.6 Å². The standard InChI is InChI=1S/C13H22N2OS/c1-12(2,3)15-8-13(4-5-16-9-13)6-11-7-17-10-14-11/h7,10,15H,4-6,8-9H2,1-3H3. The zero-order valence-electron chi connectivity index (χ0n) is 11.0. The number of nitrogens with zero attached hydrogens (tertiary/aromatic N) is 1. The van der Waals surface area contributed by atoms with Gasteiger partial charge in [-0.05, 0) is 33.6 Å². The number of hydrogen-bond donors (Lipinski definition) is 1. The van der Waals surface area contributed by atoms with Crippen LogP contribution < -0.4 is 5.32 Å². The maximum Gasteiger partial charge on any atom is 0.0794 e. The molecule has 1 aliphatic heterocycles. The van der Waals surface area contributed by atoms with Gasteiger partial charge in [-0.25, -0.2) is 4.98 Å². The fourth-order valence-electron chi connectivity index (χ4n) is 2.15. The van der Waals surface area contributed by atoms with Gasteiger partial charge < -0.3 is 10.1 Å². The van der Waals surface area contributed by atoms with E-state index in [1.54, 1.807) is 11.3 Å². The number of rotatable bonds is 4. The molecule has 4 heteroatoms. The van der Waals surface area contributed by atoms with Crippen LogP contribution in [0, 0.1) is 5.41 Å². The molecule has 0 aliphatic carbocycles. The zero-order valence-corrected chi connectivity index (χ0v) is 11.8. The first kappa shape index (κ1) is 13.0. The molecule has 1 fully saturated rings. The minimum absolute atomic E-state index is 0.164. The molecule has 1 aromatic rings. The number of ether oxygens (including phenoxy) is 1. The van der Waals surface area contributed by atoms with Crippen LogP contribution in [0.5, 0.6) is 0 Å². The highest BCUT2D eigenvalue weighted by Crippen LogP contribution is 2.32. The summed E-state index contributed by atoms with van der Waals surface area (Å²) >= 11 is 1.67. The molecule has 1 unspecified atom stereocenters. The Hall–Kier alpha value is -0.450. The highest BCUT2D eigenvalue weighted by molar-refractivity contribution is 7.07. The first-order valence-corrected chi connectivity index (χ1v) is 7.13. The molecule has 0 aromatic carbocycles. The monoisotopic (exact) mass is 254 g/mol. The Morgan fingerprint density at radius 2 is 2.35 bits per heavy atom. The first-order chi connectivity index (χ1) is 7.99. The lowest BCUT2D eigenvalue weighted by Gasteiger charge is -2.31. The topological polar surface area (TPSA) is 34.2 Å². The molecule has 3 nitrogen and oxygen atoms in total. The summed E-state index contributed by atoms with van der Waals surface area (Å²) in [6, 6.07) is 0. The van der Waals surface area contributed by atoms with Crippen LogP contribution in [0.1, 0.15) is 32.9 Å². The number of nitrogens with one attached hydrogen (secondary N) is 1. The highest BCUT2D eigenvalue weighted by Gasteiger charge is 2.36. The van der Waals surface area contributed by atoms with E-state index in [-0.39, 0.29) is 11.0 Å². The molecule has 1 aromatic heterocycles. The zero-order chi connectivity index (χ0) is 12.4. The van der Waals surface area contributed by atoms with Gasteiger partial charge in [-0.2, -0.15) is 0 Å². The molecule has 17 heavy (non-hydrogen) atoms. The maximum absolute atomic E-state index is 5.61. The Balaban J connectivity index is 1.99. The maximum atomic E-state index is 5.61. The van der Waals surface area contributed by atoms with Gasteiger partial charge in [-0.15, -0.1) is 11.3 Å². The average Bonchev–Trinajstić information content (AvgIpc) is 2.87. The van der Waals surface area contributed by atoms with Crippen molar-refractivity contribution in [3.8, 4) is 0 Å². The predicted molar refractivity (Wildman–Crippen MR) is 71.4 cm³/mol. The fraction of sp³-hybridized carbons (Fsp3) is 0.769. The lowest BCUT2D eigenvalue weighted by atomic mass is 9.82.